The van der Waals surface area contributed by atoms with E-state index in [1.165, 1.54) is 16.8 Å². The summed E-state index contributed by atoms with van der Waals surface area (Å²) in [7, 11) is 1.75. The third kappa shape index (κ3) is 3.10. The van der Waals surface area contributed by atoms with E-state index in [1.54, 1.807) is 24.7 Å². The van der Waals surface area contributed by atoms with E-state index in [0.717, 1.165) is 0 Å². The lowest BCUT2D eigenvalue weighted by Gasteiger charge is -2.07. The van der Waals surface area contributed by atoms with E-state index < -0.39 is 5.91 Å². The van der Waals surface area contributed by atoms with E-state index in [1.807, 2.05) is 30.3 Å². The molecule has 2 aromatic carbocycles. The van der Waals surface area contributed by atoms with Crippen LogP contribution in [0, 0.1) is 6.92 Å². The van der Waals surface area contributed by atoms with Crippen molar-refractivity contribution in [3.8, 4) is 11.4 Å². The Bertz CT molecular complexity index is 1010. The average molecular weight is 402 g/mol. The van der Waals surface area contributed by atoms with Crippen LogP contribution in [0.4, 0.5) is 5.69 Å². The number of benzene rings is 2. The maximum atomic E-state index is 12.8. The Morgan fingerprint density at radius 2 is 1.84 bits per heavy atom. The number of carbonyl (C=O) groups excluding carboxylic acids is 1. The number of carbonyl (C=O) groups is 1. The molecular weight excluding hydrogens is 386 g/mol. The highest BCUT2D eigenvalue weighted by Gasteiger charge is 2.20. The molecule has 1 aromatic heterocycles. The number of amides is 1. The van der Waals surface area contributed by atoms with Gasteiger partial charge in [0.15, 0.2) is 0 Å². The molecule has 25 heavy (non-hydrogen) atoms. The Kier molecular flexibility index (Phi) is 4.50. The number of phenolic OH excluding ortho intramolecular Hbond substituents is 1. The lowest BCUT2D eigenvalue weighted by molar-refractivity contribution is 0.102. The van der Waals surface area contributed by atoms with Crippen LogP contribution < -0.4 is 10.9 Å². The smallest absolute Gasteiger partial charge is 0.295 e. The van der Waals surface area contributed by atoms with Crippen LogP contribution >= 0.6 is 15.9 Å². The molecule has 0 fully saturated rings. The SMILES string of the molecule is Cc1c(NC(=O)c2cc(Br)ccc2O)c(=O)n(-c2ccccc2)n1C. The van der Waals surface area contributed by atoms with E-state index in [4.69, 9.17) is 0 Å². The molecule has 3 rings (SSSR count). The molecule has 0 aliphatic carbocycles. The summed E-state index contributed by atoms with van der Waals surface area (Å²) in [5, 5.41) is 12.5. The van der Waals surface area contributed by atoms with Gasteiger partial charge >= 0.3 is 0 Å². The van der Waals surface area contributed by atoms with E-state index in [2.05, 4.69) is 21.2 Å². The molecule has 2 N–H and O–H groups in total. The summed E-state index contributed by atoms with van der Waals surface area (Å²) in [4.78, 5) is 25.3. The van der Waals surface area contributed by atoms with Gasteiger partial charge in [-0.15, -0.1) is 0 Å². The number of nitrogens with zero attached hydrogens (tertiary/aromatic N) is 2. The molecule has 6 nitrogen and oxygen atoms in total. The lowest BCUT2D eigenvalue weighted by atomic mass is 10.2. The number of aromatic hydroxyl groups is 1. The fourth-order valence-corrected chi connectivity index (χ4v) is 2.94. The molecule has 0 saturated heterocycles. The highest BCUT2D eigenvalue weighted by Crippen LogP contribution is 2.23. The molecular formula is C18H16BrN3O3. The van der Waals surface area contributed by atoms with Gasteiger partial charge in [0.2, 0.25) is 0 Å². The monoisotopic (exact) mass is 401 g/mol. The Hall–Kier alpha value is -2.80. The summed E-state index contributed by atoms with van der Waals surface area (Å²) in [6.45, 7) is 1.75. The quantitative estimate of drug-likeness (QED) is 0.707. The second kappa shape index (κ2) is 6.60. The van der Waals surface area contributed by atoms with Crippen LogP contribution in [0.1, 0.15) is 16.1 Å². The predicted molar refractivity (Wildman–Crippen MR) is 99.5 cm³/mol. The molecule has 0 bridgehead atoms. The first-order valence-corrected chi connectivity index (χ1v) is 8.33. The summed E-state index contributed by atoms with van der Waals surface area (Å²) in [6, 6.07) is 13.7. The number of hydrogen-bond acceptors (Lipinski definition) is 3. The Labute approximate surface area is 152 Å². The van der Waals surface area contributed by atoms with Gasteiger partial charge in [0.25, 0.3) is 11.5 Å². The van der Waals surface area contributed by atoms with E-state index >= 15 is 0 Å². The van der Waals surface area contributed by atoms with Gasteiger partial charge < -0.3 is 10.4 Å². The molecule has 0 aliphatic heterocycles. The average Bonchev–Trinajstić information content (AvgIpc) is 2.81. The Morgan fingerprint density at radius 3 is 2.52 bits per heavy atom. The number of aromatic nitrogens is 2. The Balaban J connectivity index is 2.03. The highest BCUT2D eigenvalue weighted by atomic mass is 79.9. The minimum Gasteiger partial charge on any atom is -0.507 e. The molecule has 3 aromatic rings. The van der Waals surface area contributed by atoms with Crippen molar-refractivity contribution < 1.29 is 9.90 Å². The number of rotatable bonds is 3. The number of para-hydroxylation sites is 1. The molecule has 0 saturated carbocycles. The van der Waals surface area contributed by atoms with Crippen LogP contribution in [-0.2, 0) is 7.05 Å². The van der Waals surface area contributed by atoms with Crippen molar-refractivity contribution in [2.24, 2.45) is 7.05 Å². The van der Waals surface area contributed by atoms with Crippen LogP contribution in [0.2, 0.25) is 0 Å². The van der Waals surface area contributed by atoms with Gasteiger partial charge in [-0.25, -0.2) is 4.68 Å². The number of hydrogen-bond donors (Lipinski definition) is 2. The largest absolute Gasteiger partial charge is 0.507 e. The van der Waals surface area contributed by atoms with E-state index in [0.29, 0.717) is 15.9 Å². The lowest BCUT2D eigenvalue weighted by Crippen LogP contribution is -2.23. The van der Waals surface area contributed by atoms with Crippen LogP contribution in [0.25, 0.3) is 5.69 Å². The van der Waals surface area contributed by atoms with Gasteiger partial charge in [0.05, 0.1) is 16.9 Å². The first kappa shape index (κ1) is 17.0. The zero-order valence-electron chi connectivity index (χ0n) is 13.7. The minimum atomic E-state index is -0.551. The molecule has 7 heteroatoms. The second-order valence-corrected chi connectivity index (χ2v) is 6.47. The summed E-state index contributed by atoms with van der Waals surface area (Å²) >= 11 is 3.26. The van der Waals surface area contributed by atoms with E-state index in [9.17, 15) is 14.7 Å². The first-order chi connectivity index (χ1) is 11.9. The number of halogens is 1. The fraction of sp³-hybridized carbons (Fsp3) is 0.111. The molecule has 0 atom stereocenters. The predicted octanol–water partition coefficient (Wildman–Crippen LogP) is 3.20. The normalized spacial score (nSPS) is 10.7. The van der Waals surface area contributed by atoms with Crippen molar-refractivity contribution in [2.45, 2.75) is 6.92 Å². The van der Waals surface area contributed by atoms with Crippen molar-refractivity contribution in [1.29, 1.82) is 0 Å². The van der Waals surface area contributed by atoms with Crippen LogP contribution in [0.15, 0.2) is 57.8 Å². The van der Waals surface area contributed by atoms with Crippen molar-refractivity contribution in [1.82, 2.24) is 9.36 Å². The summed E-state index contributed by atoms with van der Waals surface area (Å²) in [5.41, 5.74) is 1.23. The van der Waals surface area contributed by atoms with Gasteiger partial charge in [0, 0.05) is 11.5 Å². The topological polar surface area (TPSA) is 76.3 Å². The third-order valence-corrected chi connectivity index (χ3v) is 4.49. The maximum Gasteiger partial charge on any atom is 0.295 e. The zero-order chi connectivity index (χ0) is 18.1. The van der Waals surface area contributed by atoms with Crippen molar-refractivity contribution >= 4 is 27.5 Å². The van der Waals surface area contributed by atoms with Gasteiger partial charge in [0.1, 0.15) is 11.4 Å². The summed E-state index contributed by atoms with van der Waals surface area (Å²) < 4.78 is 3.81. The van der Waals surface area contributed by atoms with Crippen LogP contribution in [-0.4, -0.2) is 20.4 Å². The third-order valence-electron chi connectivity index (χ3n) is 4.00. The highest BCUT2D eigenvalue weighted by molar-refractivity contribution is 9.10. The summed E-state index contributed by atoms with van der Waals surface area (Å²) in [6.07, 6.45) is 0. The summed E-state index contributed by atoms with van der Waals surface area (Å²) in [5.74, 6) is -0.706. The van der Waals surface area contributed by atoms with Crippen molar-refractivity contribution in [3.63, 3.8) is 0 Å². The number of anilines is 1. The number of nitrogens with one attached hydrogen (secondary N) is 1. The van der Waals surface area contributed by atoms with Gasteiger partial charge in [-0.2, -0.15) is 0 Å². The molecule has 1 heterocycles. The van der Waals surface area contributed by atoms with Gasteiger partial charge in [-0.3, -0.25) is 14.3 Å². The molecule has 0 unspecified atom stereocenters. The molecule has 128 valence electrons. The molecule has 1 amide bonds. The van der Waals surface area contributed by atoms with Crippen LogP contribution in [0.3, 0.4) is 0 Å². The Morgan fingerprint density at radius 1 is 1.16 bits per heavy atom. The zero-order valence-corrected chi connectivity index (χ0v) is 15.2. The van der Waals surface area contributed by atoms with Crippen molar-refractivity contribution in [2.75, 3.05) is 5.32 Å². The maximum absolute atomic E-state index is 12.8. The number of phenols is 1. The minimum absolute atomic E-state index is 0.0864. The molecule has 0 aliphatic rings. The fourth-order valence-electron chi connectivity index (χ4n) is 2.58. The molecule has 0 radical (unpaired) electrons. The standard InChI is InChI=1S/C18H16BrN3O3/c1-11-16(20-17(24)14-10-12(19)8-9-15(14)23)18(25)22(21(11)2)13-6-4-3-5-7-13/h3-10,23H,1-2H3,(H,20,24). The van der Waals surface area contributed by atoms with Gasteiger partial charge in [-0.1, -0.05) is 34.1 Å². The van der Waals surface area contributed by atoms with E-state index in [-0.39, 0.29) is 22.6 Å². The van der Waals surface area contributed by atoms with Crippen LogP contribution in [0.5, 0.6) is 5.75 Å². The van der Waals surface area contributed by atoms with Crippen molar-refractivity contribution in [3.05, 3.63) is 74.6 Å². The first-order valence-electron chi connectivity index (χ1n) is 7.54. The molecule has 0 spiro atoms. The van der Waals surface area contributed by atoms with Gasteiger partial charge in [-0.05, 0) is 37.3 Å². The second-order valence-electron chi connectivity index (χ2n) is 5.55.